The third-order valence-electron chi connectivity index (χ3n) is 3.19. The Kier molecular flexibility index (Phi) is 2.45. The molecule has 0 radical (unpaired) electrons. The Hall–Kier alpha value is -2.50. The standard InChI is InChI=1S/C13H12FN3O2/c1-16-12(18)5-11(13(16)19)17-6-8-2-3-9(14)4-10(8)15-7-17/h2-5,7,18-19H,6H2,1H3. The fourth-order valence-corrected chi connectivity index (χ4v) is 2.07. The molecule has 1 aromatic heterocycles. The van der Waals surface area contributed by atoms with Crippen LogP contribution < -0.4 is 4.90 Å². The molecule has 0 atom stereocenters. The fraction of sp³-hybridized carbons (Fsp3) is 0.154. The summed E-state index contributed by atoms with van der Waals surface area (Å²) >= 11 is 0. The Labute approximate surface area is 108 Å². The summed E-state index contributed by atoms with van der Waals surface area (Å²) in [6.07, 6.45) is 1.51. The molecule has 98 valence electrons. The van der Waals surface area contributed by atoms with Crippen molar-refractivity contribution in [2.24, 2.45) is 12.0 Å². The quantitative estimate of drug-likeness (QED) is 0.827. The SMILES string of the molecule is Cn1c(O)cc(N2C=Nc3cc(F)ccc3C2)c1O. The average molecular weight is 261 g/mol. The van der Waals surface area contributed by atoms with Crippen LogP contribution in [0.5, 0.6) is 11.8 Å². The molecule has 0 amide bonds. The first kappa shape index (κ1) is 11.6. The lowest BCUT2D eigenvalue weighted by Crippen LogP contribution is -2.22. The Morgan fingerprint density at radius 3 is 2.74 bits per heavy atom. The fourth-order valence-electron chi connectivity index (χ4n) is 2.07. The van der Waals surface area contributed by atoms with Crippen LogP contribution in [0.15, 0.2) is 29.3 Å². The molecule has 0 fully saturated rings. The number of fused-ring (bicyclic) bond motifs is 1. The van der Waals surface area contributed by atoms with Gasteiger partial charge < -0.3 is 15.1 Å². The number of halogens is 1. The number of benzene rings is 1. The van der Waals surface area contributed by atoms with Crippen LogP contribution in [-0.2, 0) is 13.6 Å². The van der Waals surface area contributed by atoms with E-state index < -0.39 is 0 Å². The minimum atomic E-state index is -0.329. The van der Waals surface area contributed by atoms with Gasteiger partial charge in [-0.25, -0.2) is 9.38 Å². The first-order chi connectivity index (χ1) is 9.06. The number of nitrogens with zero attached hydrogens (tertiary/aromatic N) is 3. The van der Waals surface area contributed by atoms with Crippen molar-refractivity contribution < 1.29 is 14.6 Å². The monoisotopic (exact) mass is 261 g/mol. The molecule has 1 aliphatic heterocycles. The van der Waals surface area contributed by atoms with E-state index >= 15 is 0 Å². The zero-order chi connectivity index (χ0) is 13.6. The number of aliphatic imine (C=N–C) groups is 1. The van der Waals surface area contributed by atoms with E-state index in [-0.39, 0.29) is 17.6 Å². The largest absolute Gasteiger partial charge is 0.494 e. The van der Waals surface area contributed by atoms with Gasteiger partial charge in [-0.1, -0.05) is 6.07 Å². The molecule has 3 rings (SSSR count). The Morgan fingerprint density at radius 2 is 2.05 bits per heavy atom. The van der Waals surface area contributed by atoms with Crippen LogP contribution in [0.4, 0.5) is 15.8 Å². The van der Waals surface area contributed by atoms with Crippen LogP contribution in [0.3, 0.4) is 0 Å². The number of aromatic nitrogens is 1. The molecular formula is C13H12FN3O2. The molecule has 6 heteroatoms. The summed E-state index contributed by atoms with van der Waals surface area (Å²) in [6, 6.07) is 5.86. The topological polar surface area (TPSA) is 61.0 Å². The van der Waals surface area contributed by atoms with Crippen molar-refractivity contribution in [3.8, 4) is 11.8 Å². The molecule has 0 bridgehead atoms. The van der Waals surface area contributed by atoms with Gasteiger partial charge in [-0.2, -0.15) is 0 Å². The highest BCUT2D eigenvalue weighted by atomic mass is 19.1. The third-order valence-corrected chi connectivity index (χ3v) is 3.19. The van der Waals surface area contributed by atoms with E-state index in [0.29, 0.717) is 17.9 Å². The predicted octanol–water partition coefficient (Wildman–Crippen LogP) is 2.26. The highest BCUT2D eigenvalue weighted by molar-refractivity contribution is 5.86. The van der Waals surface area contributed by atoms with Crippen molar-refractivity contribution >= 4 is 17.7 Å². The molecule has 0 saturated carbocycles. The normalized spacial score (nSPS) is 13.7. The summed E-state index contributed by atoms with van der Waals surface area (Å²) in [5.74, 6) is -0.412. The molecule has 1 aliphatic rings. The van der Waals surface area contributed by atoms with Gasteiger partial charge in [0.1, 0.15) is 11.5 Å². The highest BCUT2D eigenvalue weighted by Gasteiger charge is 2.20. The van der Waals surface area contributed by atoms with Gasteiger partial charge in [-0.3, -0.25) is 4.57 Å². The molecular weight excluding hydrogens is 249 g/mol. The molecule has 0 unspecified atom stereocenters. The van der Waals surface area contributed by atoms with Gasteiger partial charge in [0, 0.05) is 13.1 Å². The maximum absolute atomic E-state index is 13.1. The van der Waals surface area contributed by atoms with Crippen molar-refractivity contribution in [1.82, 2.24) is 4.57 Å². The summed E-state index contributed by atoms with van der Waals surface area (Å²) in [7, 11) is 1.55. The lowest BCUT2D eigenvalue weighted by Gasteiger charge is -2.23. The highest BCUT2D eigenvalue weighted by Crippen LogP contribution is 2.36. The van der Waals surface area contributed by atoms with Crippen molar-refractivity contribution in [3.63, 3.8) is 0 Å². The number of rotatable bonds is 1. The number of aromatic hydroxyl groups is 2. The molecule has 2 heterocycles. The maximum atomic E-state index is 13.1. The second-order valence-corrected chi connectivity index (χ2v) is 4.42. The summed E-state index contributed by atoms with van der Waals surface area (Å²) in [5, 5.41) is 19.5. The minimum absolute atomic E-state index is 0.0363. The lowest BCUT2D eigenvalue weighted by atomic mass is 10.1. The van der Waals surface area contributed by atoms with Crippen LogP contribution in [0.2, 0.25) is 0 Å². The zero-order valence-electron chi connectivity index (χ0n) is 10.2. The minimum Gasteiger partial charge on any atom is -0.494 e. The Balaban J connectivity index is 1.99. The third kappa shape index (κ3) is 1.81. The van der Waals surface area contributed by atoms with Gasteiger partial charge in [0.05, 0.1) is 18.6 Å². The Morgan fingerprint density at radius 1 is 1.26 bits per heavy atom. The molecule has 1 aromatic carbocycles. The van der Waals surface area contributed by atoms with Crippen molar-refractivity contribution in [1.29, 1.82) is 0 Å². The summed E-state index contributed by atoms with van der Waals surface area (Å²) in [4.78, 5) is 5.84. The van der Waals surface area contributed by atoms with Crippen molar-refractivity contribution in [3.05, 3.63) is 35.6 Å². The number of hydrogen-bond acceptors (Lipinski definition) is 4. The van der Waals surface area contributed by atoms with Gasteiger partial charge in [0.25, 0.3) is 0 Å². The van der Waals surface area contributed by atoms with Gasteiger partial charge in [-0.05, 0) is 17.7 Å². The molecule has 2 N–H and O–H groups in total. The predicted molar refractivity (Wildman–Crippen MR) is 69.5 cm³/mol. The van der Waals surface area contributed by atoms with E-state index in [1.54, 1.807) is 18.0 Å². The second kappa shape index (κ2) is 4.01. The first-order valence-corrected chi connectivity index (χ1v) is 5.73. The van der Waals surface area contributed by atoms with E-state index in [4.69, 9.17) is 0 Å². The maximum Gasteiger partial charge on any atom is 0.218 e. The first-order valence-electron chi connectivity index (χ1n) is 5.73. The van der Waals surface area contributed by atoms with Crippen LogP contribution >= 0.6 is 0 Å². The second-order valence-electron chi connectivity index (χ2n) is 4.42. The van der Waals surface area contributed by atoms with Crippen LogP contribution in [0.1, 0.15) is 5.56 Å². The van der Waals surface area contributed by atoms with Gasteiger partial charge in [0.15, 0.2) is 5.88 Å². The molecule has 0 aliphatic carbocycles. The average Bonchev–Trinajstić information content (AvgIpc) is 2.66. The van der Waals surface area contributed by atoms with Gasteiger partial charge >= 0.3 is 0 Å². The van der Waals surface area contributed by atoms with Gasteiger partial charge in [0.2, 0.25) is 5.88 Å². The van der Waals surface area contributed by atoms with Crippen LogP contribution in [-0.4, -0.2) is 21.1 Å². The van der Waals surface area contributed by atoms with Crippen LogP contribution in [0.25, 0.3) is 0 Å². The molecule has 19 heavy (non-hydrogen) atoms. The van der Waals surface area contributed by atoms with E-state index in [0.717, 1.165) is 5.56 Å². The number of hydrogen-bond donors (Lipinski definition) is 2. The van der Waals surface area contributed by atoms with E-state index in [2.05, 4.69) is 4.99 Å². The zero-order valence-corrected chi connectivity index (χ0v) is 10.2. The molecule has 2 aromatic rings. The van der Waals surface area contributed by atoms with Crippen molar-refractivity contribution in [2.45, 2.75) is 6.54 Å². The summed E-state index contributed by atoms with van der Waals surface area (Å²) < 4.78 is 14.3. The van der Waals surface area contributed by atoms with Crippen molar-refractivity contribution in [2.75, 3.05) is 4.90 Å². The van der Waals surface area contributed by atoms with E-state index in [1.165, 1.54) is 29.1 Å². The van der Waals surface area contributed by atoms with Gasteiger partial charge in [-0.15, -0.1) is 0 Å². The summed E-state index contributed by atoms with van der Waals surface area (Å²) in [6.45, 7) is 0.454. The molecule has 0 saturated heterocycles. The number of anilines is 1. The summed E-state index contributed by atoms with van der Waals surface area (Å²) in [5.41, 5.74) is 1.89. The van der Waals surface area contributed by atoms with E-state index in [1.807, 2.05) is 0 Å². The molecule has 0 spiro atoms. The van der Waals surface area contributed by atoms with E-state index in [9.17, 15) is 14.6 Å². The van der Waals surface area contributed by atoms with Crippen LogP contribution in [0, 0.1) is 5.82 Å². The lowest BCUT2D eigenvalue weighted by molar-refractivity contribution is 0.387. The Bertz CT molecular complexity index is 679. The molecule has 5 nitrogen and oxygen atoms in total. The smallest absolute Gasteiger partial charge is 0.218 e.